The first-order chi connectivity index (χ1) is 10.7. The van der Waals surface area contributed by atoms with Gasteiger partial charge in [-0.2, -0.15) is 0 Å². The van der Waals surface area contributed by atoms with Gasteiger partial charge in [-0.3, -0.25) is 0 Å². The highest BCUT2D eigenvalue weighted by Crippen LogP contribution is 2.25. The highest BCUT2D eigenvalue weighted by Gasteiger charge is 2.02. The standard InChI is InChI=1S/C16H26BrN3O2/c1-4-18-16(19-9-6-10-22-5-2)20-12-13-7-8-15(21-3)14(17)11-13/h7-8,11H,4-6,9-10,12H2,1-3H3,(H2,18,19,20). The molecule has 0 heterocycles. The molecule has 22 heavy (non-hydrogen) atoms. The predicted molar refractivity (Wildman–Crippen MR) is 94.6 cm³/mol. The minimum absolute atomic E-state index is 0.614. The van der Waals surface area contributed by atoms with Gasteiger partial charge in [-0.25, -0.2) is 4.99 Å². The summed E-state index contributed by atoms with van der Waals surface area (Å²) in [4.78, 5) is 4.59. The predicted octanol–water partition coefficient (Wildman–Crippen LogP) is 2.94. The molecule has 0 bridgehead atoms. The van der Waals surface area contributed by atoms with Crippen molar-refractivity contribution in [3.05, 3.63) is 28.2 Å². The Hall–Kier alpha value is -1.27. The van der Waals surface area contributed by atoms with Gasteiger partial charge in [0.1, 0.15) is 5.75 Å². The molecule has 0 radical (unpaired) electrons. The lowest BCUT2D eigenvalue weighted by Crippen LogP contribution is -2.38. The Morgan fingerprint density at radius 1 is 1.27 bits per heavy atom. The molecule has 2 N–H and O–H groups in total. The number of halogens is 1. The minimum Gasteiger partial charge on any atom is -0.496 e. The van der Waals surface area contributed by atoms with Crippen molar-refractivity contribution in [2.45, 2.75) is 26.8 Å². The lowest BCUT2D eigenvalue weighted by molar-refractivity contribution is 0.145. The van der Waals surface area contributed by atoms with E-state index in [0.717, 1.165) is 54.5 Å². The van der Waals surface area contributed by atoms with E-state index in [4.69, 9.17) is 9.47 Å². The van der Waals surface area contributed by atoms with E-state index in [-0.39, 0.29) is 0 Å². The van der Waals surface area contributed by atoms with E-state index < -0.39 is 0 Å². The highest BCUT2D eigenvalue weighted by molar-refractivity contribution is 9.10. The van der Waals surface area contributed by atoms with Crippen molar-refractivity contribution in [1.29, 1.82) is 0 Å². The molecule has 0 aliphatic rings. The fourth-order valence-electron chi connectivity index (χ4n) is 1.85. The van der Waals surface area contributed by atoms with Gasteiger partial charge in [0, 0.05) is 26.3 Å². The molecule has 1 aromatic rings. The molecule has 0 spiro atoms. The second-order valence-electron chi connectivity index (χ2n) is 4.64. The lowest BCUT2D eigenvalue weighted by Gasteiger charge is -2.11. The lowest BCUT2D eigenvalue weighted by atomic mass is 10.2. The largest absolute Gasteiger partial charge is 0.496 e. The minimum atomic E-state index is 0.614. The molecule has 0 aromatic heterocycles. The summed E-state index contributed by atoms with van der Waals surface area (Å²) >= 11 is 3.49. The number of aliphatic imine (C=N–C) groups is 1. The smallest absolute Gasteiger partial charge is 0.191 e. The Bertz CT molecular complexity index is 467. The fraction of sp³-hybridized carbons (Fsp3) is 0.562. The maximum atomic E-state index is 5.32. The van der Waals surface area contributed by atoms with Gasteiger partial charge in [0.25, 0.3) is 0 Å². The number of nitrogens with one attached hydrogen (secondary N) is 2. The van der Waals surface area contributed by atoms with Crippen molar-refractivity contribution in [2.24, 2.45) is 4.99 Å². The number of hydrogen-bond donors (Lipinski definition) is 2. The van der Waals surface area contributed by atoms with Crippen LogP contribution in [0.25, 0.3) is 0 Å². The van der Waals surface area contributed by atoms with Crippen LogP contribution in [0.4, 0.5) is 0 Å². The molecule has 0 atom stereocenters. The van der Waals surface area contributed by atoms with Crippen LogP contribution < -0.4 is 15.4 Å². The normalized spacial score (nSPS) is 11.4. The first kappa shape index (κ1) is 18.8. The van der Waals surface area contributed by atoms with Crippen molar-refractivity contribution in [3.8, 4) is 5.75 Å². The van der Waals surface area contributed by atoms with Crippen LogP contribution in [0.2, 0.25) is 0 Å². The van der Waals surface area contributed by atoms with Crippen LogP contribution >= 0.6 is 15.9 Å². The number of hydrogen-bond acceptors (Lipinski definition) is 3. The summed E-state index contributed by atoms with van der Waals surface area (Å²) in [6, 6.07) is 5.99. The molecule has 0 aliphatic heterocycles. The molecule has 1 aromatic carbocycles. The summed E-state index contributed by atoms with van der Waals surface area (Å²) in [5.41, 5.74) is 1.12. The summed E-state index contributed by atoms with van der Waals surface area (Å²) in [6.07, 6.45) is 0.965. The van der Waals surface area contributed by atoms with Crippen molar-refractivity contribution >= 4 is 21.9 Å². The molecule has 0 saturated heterocycles. The maximum Gasteiger partial charge on any atom is 0.191 e. The van der Waals surface area contributed by atoms with Crippen LogP contribution in [-0.4, -0.2) is 39.4 Å². The Balaban J connectivity index is 2.52. The van der Waals surface area contributed by atoms with E-state index in [1.54, 1.807) is 7.11 Å². The molecule has 5 nitrogen and oxygen atoms in total. The summed E-state index contributed by atoms with van der Waals surface area (Å²) in [5, 5.41) is 6.55. The van der Waals surface area contributed by atoms with Gasteiger partial charge in [-0.05, 0) is 53.9 Å². The number of methoxy groups -OCH3 is 1. The molecule has 0 fully saturated rings. The van der Waals surface area contributed by atoms with Gasteiger partial charge in [-0.15, -0.1) is 0 Å². The van der Waals surface area contributed by atoms with Gasteiger partial charge < -0.3 is 20.1 Å². The first-order valence-corrected chi connectivity index (χ1v) is 8.42. The van der Waals surface area contributed by atoms with E-state index in [0.29, 0.717) is 6.54 Å². The third kappa shape index (κ3) is 7.13. The number of benzene rings is 1. The van der Waals surface area contributed by atoms with Crippen LogP contribution in [-0.2, 0) is 11.3 Å². The van der Waals surface area contributed by atoms with Crippen molar-refractivity contribution in [3.63, 3.8) is 0 Å². The Kier molecular flexibility index (Phi) is 9.66. The Morgan fingerprint density at radius 2 is 2.09 bits per heavy atom. The zero-order valence-electron chi connectivity index (χ0n) is 13.6. The van der Waals surface area contributed by atoms with Crippen LogP contribution in [0.15, 0.2) is 27.7 Å². The van der Waals surface area contributed by atoms with E-state index in [2.05, 4.69) is 38.5 Å². The van der Waals surface area contributed by atoms with Gasteiger partial charge >= 0.3 is 0 Å². The van der Waals surface area contributed by atoms with Crippen LogP contribution in [0.1, 0.15) is 25.8 Å². The van der Waals surface area contributed by atoms with Gasteiger partial charge in [0.05, 0.1) is 18.1 Å². The van der Waals surface area contributed by atoms with Crippen LogP contribution in [0.3, 0.4) is 0 Å². The fourth-order valence-corrected chi connectivity index (χ4v) is 2.43. The van der Waals surface area contributed by atoms with E-state index in [1.165, 1.54) is 0 Å². The van der Waals surface area contributed by atoms with Crippen LogP contribution in [0, 0.1) is 0 Å². The van der Waals surface area contributed by atoms with Crippen LogP contribution in [0.5, 0.6) is 5.75 Å². The number of guanidine groups is 1. The maximum absolute atomic E-state index is 5.32. The zero-order chi connectivity index (χ0) is 16.2. The van der Waals surface area contributed by atoms with Crippen molar-refractivity contribution < 1.29 is 9.47 Å². The number of ether oxygens (including phenoxy) is 2. The van der Waals surface area contributed by atoms with E-state index in [1.807, 2.05) is 25.1 Å². The van der Waals surface area contributed by atoms with Gasteiger partial charge in [0.2, 0.25) is 0 Å². The topological polar surface area (TPSA) is 54.9 Å². The highest BCUT2D eigenvalue weighted by atomic mass is 79.9. The average Bonchev–Trinajstić information content (AvgIpc) is 2.52. The van der Waals surface area contributed by atoms with E-state index >= 15 is 0 Å². The molecule has 0 aliphatic carbocycles. The zero-order valence-corrected chi connectivity index (χ0v) is 15.2. The Morgan fingerprint density at radius 3 is 2.73 bits per heavy atom. The third-order valence-corrected chi connectivity index (χ3v) is 3.56. The molecular weight excluding hydrogens is 346 g/mol. The summed E-state index contributed by atoms with van der Waals surface area (Å²) in [6.45, 7) is 7.90. The molecular formula is C16H26BrN3O2. The summed E-state index contributed by atoms with van der Waals surface area (Å²) in [7, 11) is 1.66. The molecule has 124 valence electrons. The summed E-state index contributed by atoms with van der Waals surface area (Å²) in [5.74, 6) is 1.65. The molecule has 0 unspecified atom stereocenters. The second kappa shape index (κ2) is 11.3. The Labute approximate surface area is 141 Å². The van der Waals surface area contributed by atoms with Crippen molar-refractivity contribution in [2.75, 3.05) is 33.4 Å². The number of nitrogens with zero attached hydrogens (tertiary/aromatic N) is 1. The average molecular weight is 372 g/mol. The monoisotopic (exact) mass is 371 g/mol. The molecule has 1 rings (SSSR count). The second-order valence-corrected chi connectivity index (χ2v) is 5.50. The SMILES string of the molecule is CCNC(=NCc1ccc(OC)c(Br)c1)NCCCOCC. The van der Waals surface area contributed by atoms with E-state index in [9.17, 15) is 0 Å². The first-order valence-electron chi connectivity index (χ1n) is 7.63. The molecule has 0 saturated carbocycles. The quantitative estimate of drug-likeness (QED) is 0.398. The van der Waals surface area contributed by atoms with Gasteiger partial charge in [0.15, 0.2) is 5.96 Å². The van der Waals surface area contributed by atoms with Gasteiger partial charge in [-0.1, -0.05) is 6.07 Å². The van der Waals surface area contributed by atoms with Crippen molar-refractivity contribution in [1.82, 2.24) is 10.6 Å². The third-order valence-electron chi connectivity index (χ3n) is 2.94. The summed E-state index contributed by atoms with van der Waals surface area (Å²) < 4.78 is 11.5. The number of rotatable bonds is 9. The molecule has 0 amide bonds. The molecule has 6 heteroatoms.